The Hall–Kier alpha value is -2.39. The molecule has 1 fully saturated rings. The van der Waals surface area contributed by atoms with Gasteiger partial charge in [-0.05, 0) is 48.6 Å². The summed E-state index contributed by atoms with van der Waals surface area (Å²) in [7, 11) is -0.745. The largest absolute Gasteiger partial charge is 0.469 e. The molecule has 0 atom stereocenters. The van der Waals surface area contributed by atoms with Crippen molar-refractivity contribution in [3.8, 4) is 0 Å². The second kappa shape index (κ2) is 8.32. The van der Waals surface area contributed by atoms with Crippen LogP contribution in [-0.2, 0) is 19.6 Å². The Kier molecular flexibility index (Phi) is 6.04. The number of amides is 1. The molecule has 0 unspecified atom stereocenters. The number of benzene rings is 1. The van der Waals surface area contributed by atoms with Crippen LogP contribution in [0, 0.1) is 5.92 Å². The highest BCUT2D eigenvalue weighted by Crippen LogP contribution is 2.26. The van der Waals surface area contributed by atoms with E-state index in [1.807, 2.05) is 0 Å². The lowest BCUT2D eigenvalue weighted by Gasteiger charge is -2.30. The maximum absolute atomic E-state index is 12.7. The van der Waals surface area contributed by atoms with Gasteiger partial charge in [-0.1, -0.05) is 6.07 Å². The zero-order chi connectivity index (χ0) is 20.3. The number of nitrogens with zero attached hydrogens (tertiary/aromatic N) is 2. The van der Waals surface area contributed by atoms with E-state index in [0.717, 1.165) is 11.3 Å². The van der Waals surface area contributed by atoms with Gasteiger partial charge in [0.05, 0.1) is 18.7 Å². The Balaban J connectivity index is 1.68. The summed E-state index contributed by atoms with van der Waals surface area (Å²) in [5.41, 5.74) is 0.969. The van der Waals surface area contributed by atoms with E-state index in [9.17, 15) is 18.0 Å². The summed E-state index contributed by atoms with van der Waals surface area (Å²) >= 11 is 1.16. The molecule has 0 radical (unpaired) electrons. The second-order valence-electron chi connectivity index (χ2n) is 6.54. The van der Waals surface area contributed by atoms with E-state index in [-0.39, 0.29) is 22.0 Å². The van der Waals surface area contributed by atoms with Gasteiger partial charge in [0.1, 0.15) is 4.21 Å². The highest BCUT2D eigenvalue weighted by Gasteiger charge is 2.28. The van der Waals surface area contributed by atoms with E-state index in [2.05, 4.69) is 0 Å². The summed E-state index contributed by atoms with van der Waals surface area (Å²) in [5, 5.41) is 1.71. The van der Waals surface area contributed by atoms with Crippen molar-refractivity contribution in [2.24, 2.45) is 5.92 Å². The van der Waals surface area contributed by atoms with Crippen LogP contribution in [0.15, 0.2) is 46.0 Å². The number of methoxy groups -OCH3 is 1. The number of carbonyl (C=O) groups excluding carboxylic acids is 2. The van der Waals surface area contributed by atoms with Crippen LogP contribution in [-0.4, -0.2) is 52.4 Å². The molecule has 3 rings (SSSR count). The molecule has 150 valence electrons. The van der Waals surface area contributed by atoms with Crippen molar-refractivity contribution < 1.29 is 22.7 Å². The van der Waals surface area contributed by atoms with Crippen LogP contribution < -0.4 is 4.31 Å². The summed E-state index contributed by atoms with van der Waals surface area (Å²) in [5.74, 6) is -0.516. The molecule has 0 saturated carbocycles. The van der Waals surface area contributed by atoms with Crippen LogP contribution in [0.3, 0.4) is 0 Å². The number of hydrogen-bond acceptors (Lipinski definition) is 6. The fourth-order valence-corrected chi connectivity index (χ4v) is 5.52. The van der Waals surface area contributed by atoms with E-state index < -0.39 is 10.0 Å². The molecule has 28 heavy (non-hydrogen) atoms. The second-order valence-corrected chi connectivity index (χ2v) is 9.68. The van der Waals surface area contributed by atoms with Crippen LogP contribution in [0.1, 0.15) is 23.2 Å². The Labute approximate surface area is 168 Å². The molecule has 1 amide bonds. The highest BCUT2D eigenvalue weighted by atomic mass is 32.2. The standard InChI is InChI=1S/C19H22N2O5S2/c1-20(28(24,25)17-4-3-13-27-17)16-7-5-14(6-8-16)18(22)21-11-9-15(10-12-21)19(23)26-2/h3-8,13,15H,9-12H2,1-2H3. The van der Waals surface area contributed by atoms with Crippen LogP contribution in [0.25, 0.3) is 0 Å². The number of likely N-dealkylation sites (tertiary alicyclic amines) is 1. The highest BCUT2D eigenvalue weighted by molar-refractivity contribution is 7.94. The Bertz CT molecular complexity index is 931. The van der Waals surface area contributed by atoms with E-state index in [1.54, 1.807) is 46.7 Å². The van der Waals surface area contributed by atoms with Gasteiger partial charge < -0.3 is 9.64 Å². The van der Waals surface area contributed by atoms with Crippen molar-refractivity contribution in [1.29, 1.82) is 0 Å². The van der Waals surface area contributed by atoms with Gasteiger partial charge in [-0.3, -0.25) is 13.9 Å². The maximum Gasteiger partial charge on any atom is 0.308 e. The minimum absolute atomic E-state index is 0.126. The maximum atomic E-state index is 12.7. The van der Waals surface area contributed by atoms with Gasteiger partial charge in [0, 0.05) is 25.7 Å². The van der Waals surface area contributed by atoms with Gasteiger partial charge >= 0.3 is 5.97 Å². The van der Waals surface area contributed by atoms with E-state index >= 15 is 0 Å². The molecule has 1 aromatic carbocycles. The zero-order valence-corrected chi connectivity index (χ0v) is 17.3. The molecule has 9 heteroatoms. The first-order valence-electron chi connectivity index (χ1n) is 8.84. The summed E-state index contributed by atoms with van der Waals surface area (Å²) in [6, 6.07) is 9.76. The smallest absolute Gasteiger partial charge is 0.308 e. The predicted octanol–water partition coefficient (Wildman–Crippen LogP) is 2.60. The first kappa shape index (κ1) is 20.3. The summed E-state index contributed by atoms with van der Waals surface area (Å²) in [6.07, 6.45) is 1.16. The third-order valence-electron chi connectivity index (χ3n) is 4.90. The van der Waals surface area contributed by atoms with Crippen molar-refractivity contribution in [2.75, 3.05) is 31.6 Å². The van der Waals surface area contributed by atoms with Gasteiger partial charge in [0.2, 0.25) is 0 Å². The quantitative estimate of drug-likeness (QED) is 0.692. The molecule has 1 aliphatic rings. The van der Waals surface area contributed by atoms with Crippen molar-refractivity contribution >= 4 is 38.9 Å². The molecule has 7 nitrogen and oxygen atoms in total. The van der Waals surface area contributed by atoms with E-state index in [1.165, 1.54) is 18.5 Å². The number of anilines is 1. The third kappa shape index (κ3) is 4.05. The van der Waals surface area contributed by atoms with Gasteiger partial charge in [0.25, 0.3) is 15.9 Å². The van der Waals surface area contributed by atoms with Crippen LogP contribution >= 0.6 is 11.3 Å². The molecule has 1 aromatic heterocycles. The number of rotatable bonds is 5. The number of carbonyl (C=O) groups is 2. The normalized spacial score (nSPS) is 15.3. The first-order chi connectivity index (χ1) is 13.3. The van der Waals surface area contributed by atoms with Crippen molar-refractivity contribution in [2.45, 2.75) is 17.1 Å². The molecular weight excluding hydrogens is 400 g/mol. The first-order valence-corrected chi connectivity index (χ1v) is 11.2. The van der Waals surface area contributed by atoms with E-state index in [4.69, 9.17) is 4.74 Å². The average Bonchev–Trinajstić information content (AvgIpc) is 3.28. The van der Waals surface area contributed by atoms with Crippen molar-refractivity contribution in [1.82, 2.24) is 4.90 Å². The summed E-state index contributed by atoms with van der Waals surface area (Å²) in [4.78, 5) is 26.0. The Morgan fingerprint density at radius 3 is 2.32 bits per heavy atom. The van der Waals surface area contributed by atoms with Crippen LogP contribution in [0.4, 0.5) is 5.69 Å². The predicted molar refractivity (Wildman–Crippen MR) is 107 cm³/mol. The van der Waals surface area contributed by atoms with Crippen LogP contribution in [0.5, 0.6) is 0 Å². The molecule has 2 aromatic rings. The zero-order valence-electron chi connectivity index (χ0n) is 15.7. The Morgan fingerprint density at radius 1 is 1.14 bits per heavy atom. The minimum Gasteiger partial charge on any atom is -0.469 e. The molecule has 1 saturated heterocycles. The number of hydrogen-bond donors (Lipinski definition) is 0. The molecular formula is C19H22N2O5S2. The number of sulfonamides is 1. The third-order valence-corrected chi connectivity index (χ3v) is 8.06. The monoisotopic (exact) mass is 422 g/mol. The fraction of sp³-hybridized carbons (Fsp3) is 0.368. The Morgan fingerprint density at radius 2 is 1.79 bits per heavy atom. The molecule has 0 bridgehead atoms. The van der Waals surface area contributed by atoms with Gasteiger partial charge in [-0.15, -0.1) is 11.3 Å². The van der Waals surface area contributed by atoms with Crippen molar-refractivity contribution in [3.63, 3.8) is 0 Å². The van der Waals surface area contributed by atoms with Gasteiger partial charge in [-0.2, -0.15) is 0 Å². The number of thiophene rings is 1. The minimum atomic E-state index is -3.61. The van der Waals surface area contributed by atoms with Crippen LogP contribution in [0.2, 0.25) is 0 Å². The topological polar surface area (TPSA) is 84.0 Å². The SMILES string of the molecule is COC(=O)C1CCN(C(=O)c2ccc(N(C)S(=O)(=O)c3cccs3)cc2)CC1. The molecule has 0 N–H and O–H groups in total. The molecule has 2 heterocycles. The molecule has 0 spiro atoms. The molecule has 0 aliphatic carbocycles. The number of esters is 1. The van der Waals surface area contributed by atoms with E-state index in [0.29, 0.717) is 37.2 Å². The summed E-state index contributed by atoms with van der Waals surface area (Å²) < 4.78 is 31.4. The lowest BCUT2D eigenvalue weighted by atomic mass is 9.96. The average molecular weight is 423 g/mol. The fourth-order valence-electron chi connectivity index (χ4n) is 3.17. The van der Waals surface area contributed by atoms with Crippen molar-refractivity contribution in [3.05, 3.63) is 47.3 Å². The van der Waals surface area contributed by atoms with Gasteiger partial charge in [0.15, 0.2) is 0 Å². The molecule has 1 aliphatic heterocycles. The lowest BCUT2D eigenvalue weighted by molar-refractivity contribution is -0.146. The van der Waals surface area contributed by atoms with Gasteiger partial charge in [-0.25, -0.2) is 8.42 Å². The number of ether oxygens (including phenoxy) is 1. The number of piperidine rings is 1. The summed E-state index contributed by atoms with van der Waals surface area (Å²) in [6.45, 7) is 0.986. The lowest BCUT2D eigenvalue weighted by Crippen LogP contribution is -2.40.